The van der Waals surface area contributed by atoms with E-state index < -0.39 is 40.5 Å². The molecule has 2 aromatic carbocycles. The molecule has 1 fully saturated rings. The lowest BCUT2D eigenvalue weighted by Crippen LogP contribution is -2.15. The second-order valence-electron chi connectivity index (χ2n) is 5.05. The highest BCUT2D eigenvalue weighted by atomic mass is 19.2. The molecule has 3 nitrogen and oxygen atoms in total. The van der Waals surface area contributed by atoms with Gasteiger partial charge < -0.3 is 9.64 Å². The minimum atomic E-state index is -1.76. The van der Waals surface area contributed by atoms with Crippen LogP contribution >= 0.6 is 0 Å². The van der Waals surface area contributed by atoms with Gasteiger partial charge in [-0.2, -0.15) is 0 Å². The van der Waals surface area contributed by atoms with Crippen molar-refractivity contribution in [2.75, 3.05) is 18.6 Å². The summed E-state index contributed by atoms with van der Waals surface area (Å²) in [6, 6.07) is 8.40. The number of carbonyl (C=O) groups is 1. The van der Waals surface area contributed by atoms with Gasteiger partial charge in [-0.1, -0.05) is 30.3 Å². The van der Waals surface area contributed by atoms with Crippen LogP contribution in [0.25, 0.3) is 0 Å². The van der Waals surface area contributed by atoms with Gasteiger partial charge in [-0.05, 0) is 5.56 Å². The molecule has 0 spiro atoms. The van der Waals surface area contributed by atoms with Gasteiger partial charge in [-0.15, -0.1) is 0 Å². The van der Waals surface area contributed by atoms with Gasteiger partial charge in [0.1, 0.15) is 11.3 Å². The van der Waals surface area contributed by atoms with Crippen LogP contribution in [0.5, 0.6) is 0 Å². The standard InChI is InChI=1S/C16H11F4NO2/c1-23-16(22)10-11(17)13(19)15(14(20)12(10)18)21-7-9(21)8-5-3-2-4-6-8/h2-6,9H,7H2,1H3. The summed E-state index contributed by atoms with van der Waals surface area (Å²) in [5, 5.41) is 0. The number of ether oxygens (including phenoxy) is 1. The molecule has 3 rings (SSSR count). The Balaban J connectivity index is 2.04. The first-order chi connectivity index (χ1) is 11.0. The second-order valence-corrected chi connectivity index (χ2v) is 5.05. The molecule has 0 radical (unpaired) electrons. The summed E-state index contributed by atoms with van der Waals surface area (Å²) in [5.41, 5.74) is -1.42. The number of anilines is 1. The Morgan fingerprint density at radius 3 is 2.13 bits per heavy atom. The average molecular weight is 325 g/mol. The molecule has 0 amide bonds. The molecule has 1 heterocycles. The molecular weight excluding hydrogens is 314 g/mol. The van der Waals surface area contributed by atoms with Crippen molar-refractivity contribution in [1.82, 2.24) is 0 Å². The summed E-state index contributed by atoms with van der Waals surface area (Å²) in [5.74, 6) is -8.21. The first-order valence-corrected chi connectivity index (χ1v) is 6.73. The smallest absolute Gasteiger partial charge is 0.344 e. The fourth-order valence-electron chi connectivity index (χ4n) is 2.50. The van der Waals surface area contributed by atoms with E-state index in [1.165, 1.54) is 4.90 Å². The van der Waals surface area contributed by atoms with E-state index in [1.807, 2.05) is 0 Å². The molecular formula is C16H11F4NO2. The van der Waals surface area contributed by atoms with Gasteiger partial charge in [0.2, 0.25) is 0 Å². The third kappa shape index (κ3) is 2.42. The fourth-order valence-corrected chi connectivity index (χ4v) is 2.50. The Morgan fingerprint density at radius 2 is 1.61 bits per heavy atom. The van der Waals surface area contributed by atoms with E-state index in [0.717, 1.165) is 12.7 Å². The minimum absolute atomic E-state index is 0.217. The largest absolute Gasteiger partial charge is 0.465 e. The number of methoxy groups -OCH3 is 1. The van der Waals surface area contributed by atoms with Crippen molar-refractivity contribution in [2.45, 2.75) is 6.04 Å². The van der Waals surface area contributed by atoms with Gasteiger partial charge in [-0.25, -0.2) is 22.4 Å². The zero-order chi connectivity index (χ0) is 16.7. The maximum atomic E-state index is 14.1. The van der Waals surface area contributed by atoms with E-state index in [0.29, 0.717) is 0 Å². The van der Waals surface area contributed by atoms with Crippen LogP contribution in [0, 0.1) is 23.3 Å². The molecule has 0 N–H and O–H groups in total. The quantitative estimate of drug-likeness (QED) is 0.374. The van der Waals surface area contributed by atoms with Crippen molar-refractivity contribution in [2.24, 2.45) is 0 Å². The van der Waals surface area contributed by atoms with Crippen LogP contribution < -0.4 is 4.90 Å². The van der Waals surface area contributed by atoms with Gasteiger partial charge in [0.15, 0.2) is 23.3 Å². The van der Waals surface area contributed by atoms with Crippen molar-refractivity contribution in [3.05, 3.63) is 64.7 Å². The first kappa shape index (κ1) is 15.3. The summed E-state index contributed by atoms with van der Waals surface area (Å²) in [6.45, 7) is 0.217. The summed E-state index contributed by atoms with van der Waals surface area (Å²) >= 11 is 0. The zero-order valence-corrected chi connectivity index (χ0v) is 11.9. The minimum Gasteiger partial charge on any atom is -0.465 e. The van der Waals surface area contributed by atoms with E-state index in [4.69, 9.17) is 0 Å². The Hall–Kier alpha value is -2.57. The van der Waals surface area contributed by atoms with Crippen LogP contribution in [0.4, 0.5) is 23.2 Å². The molecule has 0 aliphatic carbocycles. The third-order valence-electron chi connectivity index (χ3n) is 3.71. The molecule has 1 aliphatic rings. The van der Waals surface area contributed by atoms with E-state index in [-0.39, 0.29) is 12.6 Å². The van der Waals surface area contributed by atoms with Crippen LogP contribution in [0.15, 0.2) is 30.3 Å². The highest BCUT2D eigenvalue weighted by Crippen LogP contribution is 2.44. The Kier molecular flexibility index (Phi) is 3.71. The lowest BCUT2D eigenvalue weighted by Gasteiger charge is -2.13. The van der Waals surface area contributed by atoms with Crippen molar-refractivity contribution in [1.29, 1.82) is 0 Å². The van der Waals surface area contributed by atoms with E-state index in [9.17, 15) is 22.4 Å². The van der Waals surface area contributed by atoms with Crippen molar-refractivity contribution in [3.8, 4) is 0 Å². The molecule has 0 bridgehead atoms. The van der Waals surface area contributed by atoms with Gasteiger partial charge in [-0.3, -0.25) is 0 Å². The third-order valence-corrected chi connectivity index (χ3v) is 3.71. The Labute approximate surface area is 129 Å². The predicted octanol–water partition coefficient (Wildman–Crippen LogP) is 3.59. The maximum absolute atomic E-state index is 14.1. The monoisotopic (exact) mass is 325 g/mol. The average Bonchev–Trinajstić information content (AvgIpc) is 3.34. The number of esters is 1. The normalized spacial score (nSPS) is 16.4. The van der Waals surface area contributed by atoms with Crippen molar-refractivity contribution < 1.29 is 27.1 Å². The van der Waals surface area contributed by atoms with Crippen LogP contribution in [0.3, 0.4) is 0 Å². The summed E-state index contributed by atoms with van der Waals surface area (Å²) in [7, 11) is 0.862. The zero-order valence-electron chi connectivity index (χ0n) is 11.9. The van der Waals surface area contributed by atoms with Crippen molar-refractivity contribution in [3.63, 3.8) is 0 Å². The van der Waals surface area contributed by atoms with Gasteiger partial charge in [0.25, 0.3) is 0 Å². The number of hydrogen-bond donors (Lipinski definition) is 0. The lowest BCUT2D eigenvalue weighted by atomic mass is 10.1. The highest BCUT2D eigenvalue weighted by molar-refractivity contribution is 5.90. The number of nitrogens with zero attached hydrogens (tertiary/aromatic N) is 1. The van der Waals surface area contributed by atoms with Gasteiger partial charge >= 0.3 is 5.97 Å². The number of halogens is 4. The molecule has 120 valence electrons. The Morgan fingerprint density at radius 1 is 1.04 bits per heavy atom. The van der Waals surface area contributed by atoms with Gasteiger partial charge in [0, 0.05) is 6.54 Å². The van der Waals surface area contributed by atoms with E-state index in [2.05, 4.69) is 4.74 Å². The topological polar surface area (TPSA) is 29.3 Å². The second kappa shape index (κ2) is 5.57. The maximum Gasteiger partial charge on any atom is 0.344 e. The molecule has 2 aromatic rings. The van der Waals surface area contributed by atoms with Crippen LogP contribution in [0.2, 0.25) is 0 Å². The van der Waals surface area contributed by atoms with Crippen LogP contribution in [-0.2, 0) is 4.74 Å². The van der Waals surface area contributed by atoms with Gasteiger partial charge in [0.05, 0.1) is 13.2 Å². The summed E-state index contributed by atoms with van der Waals surface area (Å²) in [6.07, 6.45) is 0. The molecule has 0 aromatic heterocycles. The van der Waals surface area contributed by atoms with E-state index in [1.54, 1.807) is 30.3 Å². The fraction of sp³-hybridized carbons (Fsp3) is 0.188. The van der Waals surface area contributed by atoms with Crippen molar-refractivity contribution >= 4 is 11.7 Å². The number of hydrogen-bond acceptors (Lipinski definition) is 3. The number of carbonyl (C=O) groups excluding carboxylic acids is 1. The summed E-state index contributed by atoms with van der Waals surface area (Å²) < 4.78 is 60.3. The number of benzene rings is 2. The van der Waals surface area contributed by atoms with Crippen LogP contribution in [-0.4, -0.2) is 19.6 Å². The first-order valence-electron chi connectivity index (χ1n) is 6.73. The molecule has 1 unspecified atom stereocenters. The summed E-state index contributed by atoms with van der Waals surface area (Å²) in [4.78, 5) is 12.5. The molecule has 0 saturated carbocycles. The molecule has 1 atom stereocenters. The van der Waals surface area contributed by atoms with Crippen LogP contribution in [0.1, 0.15) is 22.0 Å². The molecule has 1 aliphatic heterocycles. The van der Waals surface area contributed by atoms with E-state index >= 15 is 0 Å². The predicted molar refractivity (Wildman–Crippen MR) is 74.1 cm³/mol. The number of rotatable bonds is 3. The Bertz CT molecular complexity index is 750. The molecule has 7 heteroatoms. The molecule has 23 heavy (non-hydrogen) atoms. The molecule has 1 saturated heterocycles. The highest BCUT2D eigenvalue weighted by Gasteiger charge is 2.42. The lowest BCUT2D eigenvalue weighted by molar-refractivity contribution is 0.0587. The SMILES string of the molecule is COC(=O)c1c(F)c(F)c(N2CC2c2ccccc2)c(F)c1F.